The molecule has 72 valence electrons. The van der Waals surface area contributed by atoms with Crippen molar-refractivity contribution in [2.24, 2.45) is 0 Å². The van der Waals surface area contributed by atoms with Crippen LogP contribution in [-0.4, -0.2) is 45.5 Å². The van der Waals surface area contributed by atoms with Crippen molar-refractivity contribution < 1.29 is 4.53 Å². The van der Waals surface area contributed by atoms with Crippen molar-refractivity contribution in [3.05, 3.63) is 18.3 Å². The van der Waals surface area contributed by atoms with Crippen LogP contribution in [0.15, 0.2) is 18.3 Å². The topological polar surface area (TPSA) is 58.1 Å². The van der Waals surface area contributed by atoms with Crippen molar-refractivity contribution >= 4 is 17.6 Å². The van der Waals surface area contributed by atoms with Gasteiger partial charge in [-0.25, -0.2) is 4.98 Å². The molecule has 0 bridgehead atoms. The number of amides is 1. The second-order valence-corrected chi connectivity index (χ2v) is 2.98. The fraction of sp³-hybridized carbons (Fsp3) is 0.250. The number of hydrogen-bond acceptors (Lipinski definition) is 3. The Balaban J connectivity index is 2.43. The summed E-state index contributed by atoms with van der Waals surface area (Å²) in [4.78, 5) is 7.13. The van der Waals surface area contributed by atoms with Crippen LogP contribution in [-0.2, 0) is 4.53 Å². The number of fused-ring (bicyclic) bond motifs is 1. The van der Waals surface area contributed by atoms with Crippen LogP contribution in [0.2, 0.25) is 0 Å². The average Bonchev–Trinajstić information content (AvgIpc) is 2.58. The van der Waals surface area contributed by atoms with Gasteiger partial charge in [0, 0.05) is 25.5 Å². The van der Waals surface area contributed by atoms with E-state index >= 15 is 0 Å². The van der Waals surface area contributed by atoms with Gasteiger partial charge in [-0.15, -0.1) is 5.10 Å². The summed E-state index contributed by atoms with van der Waals surface area (Å²) in [5.74, 6) is 0. The lowest BCUT2D eigenvalue weighted by atomic mass is 10.4. The summed E-state index contributed by atoms with van der Waals surface area (Å²) in [5, 5.41) is 7.67. The van der Waals surface area contributed by atoms with E-state index in [1.807, 2.05) is 20.2 Å². The van der Waals surface area contributed by atoms with E-state index in [2.05, 4.69) is 15.3 Å². The standard InChI is InChI=1S/C8H10N5O/c1-12(2)6-14-13-8-7(10-11-13)4-3-5-9-8/h3-6H,1-2H3/q+1. The largest absolute Gasteiger partial charge is 0.438 e. The van der Waals surface area contributed by atoms with Crippen LogP contribution in [0.3, 0.4) is 0 Å². The molecule has 2 aromatic rings. The van der Waals surface area contributed by atoms with E-state index in [9.17, 15) is 0 Å². The van der Waals surface area contributed by atoms with Gasteiger partial charge in [0.2, 0.25) is 0 Å². The number of hydrogen-bond donors (Lipinski definition) is 0. The second-order valence-electron chi connectivity index (χ2n) is 2.98. The van der Waals surface area contributed by atoms with Gasteiger partial charge in [0.15, 0.2) is 0 Å². The van der Waals surface area contributed by atoms with Gasteiger partial charge in [0.25, 0.3) is 5.65 Å². The molecule has 0 aliphatic carbocycles. The van der Waals surface area contributed by atoms with Gasteiger partial charge in [-0.1, -0.05) is 4.53 Å². The molecule has 2 heterocycles. The Morgan fingerprint density at radius 2 is 2.36 bits per heavy atom. The molecular formula is C8H10N5O+. The molecule has 0 aliphatic rings. The third-order valence-corrected chi connectivity index (χ3v) is 1.54. The quantitative estimate of drug-likeness (QED) is 0.491. The summed E-state index contributed by atoms with van der Waals surface area (Å²) in [5.41, 5.74) is 1.31. The number of nitrogens with zero attached hydrogens (tertiary/aromatic N) is 5. The fourth-order valence-electron chi connectivity index (χ4n) is 0.955. The summed E-state index contributed by atoms with van der Waals surface area (Å²) in [6, 6.07) is 3.63. The Hall–Kier alpha value is -1.98. The number of pyridine rings is 1. The van der Waals surface area contributed by atoms with Crippen LogP contribution in [0, 0.1) is 0 Å². The summed E-state index contributed by atoms with van der Waals surface area (Å²) in [6.45, 7) is 0. The monoisotopic (exact) mass is 192 g/mol. The molecular weight excluding hydrogens is 182 g/mol. The first-order valence-corrected chi connectivity index (χ1v) is 4.11. The molecule has 0 radical (unpaired) electrons. The molecule has 0 unspecified atom stereocenters. The van der Waals surface area contributed by atoms with Crippen molar-refractivity contribution in [3.8, 4) is 0 Å². The van der Waals surface area contributed by atoms with Crippen molar-refractivity contribution in [3.63, 3.8) is 0 Å². The van der Waals surface area contributed by atoms with Crippen LogP contribution >= 0.6 is 0 Å². The molecule has 0 aliphatic heterocycles. The third kappa shape index (κ3) is 1.54. The van der Waals surface area contributed by atoms with Gasteiger partial charge in [-0.3, -0.25) is 0 Å². The zero-order chi connectivity index (χ0) is 9.97. The Kier molecular flexibility index (Phi) is 2.10. The predicted octanol–water partition coefficient (Wildman–Crippen LogP) is -0.157. The molecule has 1 amide bonds. The molecule has 2 aromatic heterocycles. The Labute approximate surface area is 80.4 Å². The summed E-state index contributed by atoms with van der Waals surface area (Å²) >= 11 is 0. The molecule has 0 fully saturated rings. The van der Waals surface area contributed by atoms with E-state index in [4.69, 9.17) is 4.53 Å². The maximum Gasteiger partial charge on any atom is 0.438 e. The fourth-order valence-corrected chi connectivity index (χ4v) is 0.955. The minimum Gasteiger partial charge on any atom is -0.302 e. The van der Waals surface area contributed by atoms with E-state index in [0.717, 1.165) is 0 Å². The lowest BCUT2D eigenvalue weighted by molar-refractivity contribution is -0.531. The van der Waals surface area contributed by atoms with Gasteiger partial charge < -0.3 is 4.90 Å². The van der Waals surface area contributed by atoms with E-state index in [0.29, 0.717) is 11.2 Å². The molecule has 6 heteroatoms. The van der Waals surface area contributed by atoms with E-state index in [1.54, 1.807) is 17.2 Å². The van der Waals surface area contributed by atoms with Gasteiger partial charge in [0.1, 0.15) is 10.4 Å². The first-order chi connectivity index (χ1) is 6.77. The van der Waals surface area contributed by atoms with Gasteiger partial charge >= 0.3 is 6.41 Å². The van der Waals surface area contributed by atoms with Crippen molar-refractivity contribution in [2.75, 3.05) is 14.1 Å². The van der Waals surface area contributed by atoms with Crippen molar-refractivity contribution in [2.45, 2.75) is 0 Å². The predicted molar refractivity (Wildman–Crippen MR) is 50.5 cm³/mol. The SMILES string of the molecule is CN(C)C=[O+]n1nnc2cccnc21. The summed E-state index contributed by atoms with van der Waals surface area (Å²) in [6.07, 6.45) is 3.18. The van der Waals surface area contributed by atoms with Crippen LogP contribution in [0.4, 0.5) is 0 Å². The highest BCUT2D eigenvalue weighted by atomic mass is 16.6. The lowest BCUT2D eigenvalue weighted by Gasteiger charge is -1.90. The van der Waals surface area contributed by atoms with Crippen LogP contribution in [0.25, 0.3) is 11.2 Å². The summed E-state index contributed by atoms with van der Waals surface area (Å²) in [7, 11) is 3.71. The van der Waals surface area contributed by atoms with Crippen LogP contribution in [0.1, 0.15) is 0 Å². The zero-order valence-electron chi connectivity index (χ0n) is 7.95. The van der Waals surface area contributed by atoms with E-state index in [1.165, 1.54) is 11.3 Å². The number of aromatic nitrogens is 4. The minimum atomic E-state index is 0.602. The second kappa shape index (κ2) is 3.41. The van der Waals surface area contributed by atoms with Gasteiger partial charge in [0.05, 0.1) is 0 Å². The molecule has 0 atom stereocenters. The average molecular weight is 192 g/mol. The minimum absolute atomic E-state index is 0.602. The smallest absolute Gasteiger partial charge is 0.302 e. The highest BCUT2D eigenvalue weighted by Crippen LogP contribution is 2.03. The van der Waals surface area contributed by atoms with Gasteiger partial charge in [-0.2, -0.15) is 0 Å². The molecule has 2 rings (SSSR count). The Bertz CT molecular complexity index is 461. The molecule has 14 heavy (non-hydrogen) atoms. The molecule has 0 saturated carbocycles. The normalized spacial score (nSPS) is 11.3. The highest BCUT2D eigenvalue weighted by molar-refractivity contribution is 5.68. The first kappa shape index (κ1) is 8.61. The van der Waals surface area contributed by atoms with Crippen molar-refractivity contribution in [1.82, 2.24) is 25.0 Å². The van der Waals surface area contributed by atoms with Gasteiger partial charge in [-0.05, 0) is 12.1 Å². The van der Waals surface area contributed by atoms with Crippen LogP contribution < -0.4 is 0 Å². The van der Waals surface area contributed by atoms with E-state index in [-0.39, 0.29) is 0 Å². The molecule has 0 aromatic carbocycles. The first-order valence-electron chi connectivity index (χ1n) is 4.11. The lowest BCUT2D eigenvalue weighted by Crippen LogP contribution is -2.12. The maximum atomic E-state index is 5.20. The van der Waals surface area contributed by atoms with Crippen molar-refractivity contribution in [1.29, 1.82) is 0 Å². The number of carbonyl (C=O) groups excluding carboxylic acids is 1. The maximum absolute atomic E-state index is 5.20. The third-order valence-electron chi connectivity index (χ3n) is 1.54. The number of rotatable bonds is 2. The zero-order valence-corrected chi connectivity index (χ0v) is 7.95. The Morgan fingerprint density at radius 1 is 1.50 bits per heavy atom. The van der Waals surface area contributed by atoms with E-state index < -0.39 is 0 Å². The molecule has 6 nitrogen and oxygen atoms in total. The molecule has 0 saturated heterocycles. The molecule has 0 N–H and O–H groups in total. The Morgan fingerprint density at radius 3 is 3.14 bits per heavy atom. The summed E-state index contributed by atoms with van der Waals surface area (Å²) < 4.78 is 5.20. The van der Waals surface area contributed by atoms with Crippen LogP contribution in [0.5, 0.6) is 0 Å². The highest BCUT2D eigenvalue weighted by Gasteiger charge is 2.10. The molecule has 0 spiro atoms.